The van der Waals surface area contributed by atoms with E-state index in [-0.39, 0.29) is 0 Å². The molecule has 0 atom stereocenters. The van der Waals surface area contributed by atoms with E-state index in [2.05, 4.69) is 6.07 Å². The molecule has 1 aliphatic rings. The highest BCUT2D eigenvalue weighted by atomic mass is 16.5. The molecule has 0 aliphatic heterocycles. The molecule has 3 heteroatoms. The van der Waals surface area contributed by atoms with E-state index < -0.39 is 0 Å². The van der Waals surface area contributed by atoms with Crippen molar-refractivity contribution in [1.29, 1.82) is 0 Å². The summed E-state index contributed by atoms with van der Waals surface area (Å²) in [5.41, 5.74) is 3.45. The average molecular weight is 344 g/mol. The first-order chi connectivity index (χ1) is 12.8. The van der Waals surface area contributed by atoms with Crippen molar-refractivity contribution in [3.8, 4) is 17.2 Å². The normalized spacial score (nSPS) is 13.2. The minimum absolute atomic E-state index is 0.297. The lowest BCUT2D eigenvalue weighted by Crippen LogP contribution is -2.12. The van der Waals surface area contributed by atoms with Crippen molar-refractivity contribution in [3.63, 3.8) is 0 Å². The van der Waals surface area contributed by atoms with Gasteiger partial charge >= 0.3 is 0 Å². The summed E-state index contributed by atoms with van der Waals surface area (Å²) < 4.78 is 11.8. The van der Waals surface area contributed by atoms with Gasteiger partial charge in [-0.3, -0.25) is 4.79 Å². The summed E-state index contributed by atoms with van der Waals surface area (Å²) in [4.78, 5) is 11.7. The van der Waals surface area contributed by atoms with Crippen molar-refractivity contribution in [3.05, 3.63) is 89.5 Å². The van der Waals surface area contributed by atoms with Crippen molar-refractivity contribution in [2.45, 2.75) is 25.9 Å². The van der Waals surface area contributed by atoms with Crippen LogP contribution in [0.1, 0.15) is 23.1 Å². The van der Waals surface area contributed by atoms with Gasteiger partial charge in [-0.05, 0) is 47.4 Å². The third-order valence-electron chi connectivity index (χ3n) is 4.53. The topological polar surface area (TPSA) is 35.5 Å². The fourth-order valence-corrected chi connectivity index (χ4v) is 3.15. The van der Waals surface area contributed by atoms with Gasteiger partial charge in [0.05, 0.1) is 0 Å². The van der Waals surface area contributed by atoms with Gasteiger partial charge in [0.15, 0.2) is 0 Å². The smallest absolute Gasteiger partial charge is 0.137 e. The Morgan fingerprint density at radius 2 is 1.54 bits per heavy atom. The summed E-state index contributed by atoms with van der Waals surface area (Å²) in [6.45, 7) is 0.519. The molecule has 0 aromatic heterocycles. The third kappa shape index (κ3) is 3.94. The van der Waals surface area contributed by atoms with Gasteiger partial charge in [0.25, 0.3) is 0 Å². The predicted molar refractivity (Wildman–Crippen MR) is 101 cm³/mol. The quantitative estimate of drug-likeness (QED) is 0.645. The van der Waals surface area contributed by atoms with E-state index in [0.29, 0.717) is 25.2 Å². The van der Waals surface area contributed by atoms with Gasteiger partial charge < -0.3 is 9.47 Å². The van der Waals surface area contributed by atoms with Crippen molar-refractivity contribution >= 4 is 5.78 Å². The monoisotopic (exact) mass is 344 g/mol. The Bertz CT molecular complexity index is 916. The van der Waals surface area contributed by atoms with E-state index in [1.54, 1.807) is 0 Å². The van der Waals surface area contributed by atoms with Crippen molar-refractivity contribution in [1.82, 2.24) is 0 Å². The Kier molecular flexibility index (Phi) is 4.69. The molecule has 3 aromatic carbocycles. The van der Waals surface area contributed by atoms with Crippen molar-refractivity contribution < 1.29 is 14.3 Å². The minimum atomic E-state index is 0.297. The van der Waals surface area contributed by atoms with Crippen molar-refractivity contribution in [2.75, 3.05) is 0 Å². The second kappa shape index (κ2) is 7.44. The molecule has 3 nitrogen and oxygen atoms in total. The molecule has 0 heterocycles. The molecule has 130 valence electrons. The number of carbonyl (C=O) groups is 1. The van der Waals surface area contributed by atoms with Gasteiger partial charge in [-0.25, -0.2) is 0 Å². The van der Waals surface area contributed by atoms with Crippen LogP contribution in [-0.2, 0) is 24.2 Å². The summed E-state index contributed by atoms with van der Waals surface area (Å²) in [6.07, 6.45) is 1.98. The van der Waals surface area contributed by atoms with Crippen LogP contribution >= 0.6 is 0 Å². The molecule has 0 amide bonds. The molecule has 0 unspecified atom stereocenters. The standard InChI is InChI=1S/C23H20O3/c24-20-11-9-18-10-12-23(14-19(18)13-20)26-22-8-4-7-21(15-22)25-16-17-5-2-1-3-6-17/h1-8,10,12,14-15H,9,11,13,16H2. The van der Waals surface area contributed by atoms with Crippen LogP contribution in [0.3, 0.4) is 0 Å². The number of Topliss-reactive ketones (excluding diaryl/α,β-unsaturated/α-hetero) is 1. The molecule has 26 heavy (non-hydrogen) atoms. The Morgan fingerprint density at radius 1 is 0.731 bits per heavy atom. The fraction of sp³-hybridized carbons (Fsp3) is 0.174. The summed E-state index contributed by atoms with van der Waals surface area (Å²) in [7, 11) is 0. The largest absolute Gasteiger partial charge is 0.489 e. The minimum Gasteiger partial charge on any atom is -0.489 e. The van der Waals surface area contributed by atoms with Crippen LogP contribution in [0.15, 0.2) is 72.8 Å². The Labute approximate surface area is 153 Å². The molecular formula is C23H20O3. The maximum atomic E-state index is 11.7. The zero-order valence-electron chi connectivity index (χ0n) is 14.5. The van der Waals surface area contributed by atoms with E-state index in [1.165, 1.54) is 5.56 Å². The zero-order chi connectivity index (χ0) is 17.8. The fourth-order valence-electron chi connectivity index (χ4n) is 3.15. The van der Waals surface area contributed by atoms with Crippen LogP contribution in [0, 0.1) is 0 Å². The van der Waals surface area contributed by atoms with Crippen LogP contribution < -0.4 is 9.47 Å². The van der Waals surface area contributed by atoms with Crippen molar-refractivity contribution in [2.24, 2.45) is 0 Å². The van der Waals surface area contributed by atoms with E-state index in [9.17, 15) is 4.79 Å². The molecule has 3 aromatic rings. The Balaban J connectivity index is 1.45. The van der Waals surface area contributed by atoms with Crippen LogP contribution in [-0.4, -0.2) is 5.78 Å². The molecule has 0 bridgehead atoms. The zero-order valence-corrected chi connectivity index (χ0v) is 14.5. The first-order valence-electron chi connectivity index (χ1n) is 8.84. The maximum Gasteiger partial charge on any atom is 0.137 e. The second-order valence-corrected chi connectivity index (χ2v) is 6.50. The highest BCUT2D eigenvalue weighted by molar-refractivity contribution is 5.83. The van der Waals surface area contributed by atoms with Gasteiger partial charge in [0.1, 0.15) is 29.6 Å². The summed E-state index contributed by atoms with van der Waals surface area (Å²) in [6, 6.07) is 23.7. The van der Waals surface area contributed by atoms with E-state index in [4.69, 9.17) is 9.47 Å². The second-order valence-electron chi connectivity index (χ2n) is 6.50. The predicted octanol–water partition coefficient (Wildman–Crippen LogP) is 5.12. The van der Waals surface area contributed by atoms with Gasteiger partial charge in [0.2, 0.25) is 0 Å². The molecule has 4 rings (SSSR count). The summed E-state index contributed by atoms with van der Waals surface area (Å²) in [5, 5.41) is 0. The first-order valence-corrected chi connectivity index (χ1v) is 8.84. The Hall–Kier alpha value is -3.07. The van der Waals surface area contributed by atoms with E-state index in [1.807, 2.05) is 66.7 Å². The number of fused-ring (bicyclic) bond motifs is 1. The van der Waals surface area contributed by atoms with Gasteiger partial charge in [-0.1, -0.05) is 42.5 Å². The lowest BCUT2D eigenvalue weighted by atomic mass is 9.91. The molecule has 1 aliphatic carbocycles. The number of aryl methyl sites for hydroxylation is 1. The lowest BCUT2D eigenvalue weighted by molar-refractivity contribution is -0.118. The third-order valence-corrected chi connectivity index (χ3v) is 4.53. The number of hydrogen-bond acceptors (Lipinski definition) is 3. The molecular weight excluding hydrogens is 324 g/mol. The van der Waals surface area contributed by atoms with Gasteiger partial charge in [-0.15, -0.1) is 0 Å². The molecule has 0 radical (unpaired) electrons. The number of ketones is 1. The summed E-state index contributed by atoms with van der Waals surface area (Å²) in [5.74, 6) is 2.53. The molecule has 0 saturated carbocycles. The molecule has 0 fully saturated rings. The SMILES string of the molecule is O=C1CCc2ccc(Oc3cccc(OCc4ccccc4)c3)cc2C1. The first kappa shape index (κ1) is 16.4. The maximum absolute atomic E-state index is 11.7. The average Bonchev–Trinajstić information content (AvgIpc) is 2.67. The number of ether oxygens (including phenoxy) is 2. The number of benzene rings is 3. The molecule has 0 saturated heterocycles. The summed E-state index contributed by atoms with van der Waals surface area (Å²) >= 11 is 0. The lowest BCUT2D eigenvalue weighted by Gasteiger charge is -2.16. The number of rotatable bonds is 5. The molecule has 0 spiro atoms. The molecule has 0 N–H and O–H groups in total. The van der Waals surface area contributed by atoms with Gasteiger partial charge in [0, 0.05) is 18.9 Å². The van der Waals surface area contributed by atoms with E-state index >= 15 is 0 Å². The Morgan fingerprint density at radius 3 is 2.42 bits per heavy atom. The van der Waals surface area contributed by atoms with Crippen LogP contribution in [0.2, 0.25) is 0 Å². The highest BCUT2D eigenvalue weighted by Crippen LogP contribution is 2.29. The van der Waals surface area contributed by atoms with E-state index in [0.717, 1.165) is 34.8 Å². The van der Waals surface area contributed by atoms with Crippen LogP contribution in [0.4, 0.5) is 0 Å². The van der Waals surface area contributed by atoms with Crippen LogP contribution in [0.25, 0.3) is 0 Å². The number of hydrogen-bond donors (Lipinski definition) is 0. The number of carbonyl (C=O) groups excluding carboxylic acids is 1. The highest BCUT2D eigenvalue weighted by Gasteiger charge is 2.16. The van der Waals surface area contributed by atoms with Crippen LogP contribution in [0.5, 0.6) is 17.2 Å². The van der Waals surface area contributed by atoms with Gasteiger partial charge in [-0.2, -0.15) is 0 Å².